The zero-order chi connectivity index (χ0) is 15.2. The van der Waals surface area contributed by atoms with Crippen molar-refractivity contribution < 1.29 is 9.90 Å². The molecule has 0 radical (unpaired) electrons. The first-order valence-corrected chi connectivity index (χ1v) is 7.66. The average molecular weight is 291 g/mol. The van der Waals surface area contributed by atoms with E-state index in [-0.39, 0.29) is 17.3 Å². The maximum Gasteiger partial charge on any atom is 0.252 e. The molecule has 0 atom stereocenters. The van der Waals surface area contributed by atoms with Crippen molar-refractivity contribution in [1.29, 1.82) is 0 Å². The Morgan fingerprint density at radius 3 is 2.75 bits per heavy atom. The molecule has 108 valence electrons. The zero-order valence-electron chi connectivity index (χ0n) is 12.4. The van der Waals surface area contributed by atoms with E-state index in [1.54, 1.807) is 17.8 Å². The van der Waals surface area contributed by atoms with Gasteiger partial charge in [-0.3, -0.25) is 4.79 Å². The van der Waals surface area contributed by atoms with Crippen molar-refractivity contribution in [2.45, 2.75) is 25.5 Å². The lowest BCUT2D eigenvalue weighted by Crippen LogP contribution is -2.36. The van der Waals surface area contributed by atoms with Crippen molar-refractivity contribution in [3.8, 4) is 11.8 Å². The second-order valence-electron chi connectivity index (χ2n) is 5.16. The molecule has 0 fully saturated rings. The highest BCUT2D eigenvalue weighted by molar-refractivity contribution is 7.99. The Morgan fingerprint density at radius 2 is 2.15 bits per heavy atom. The van der Waals surface area contributed by atoms with Gasteiger partial charge >= 0.3 is 0 Å². The maximum absolute atomic E-state index is 12.3. The van der Waals surface area contributed by atoms with Gasteiger partial charge in [-0.25, -0.2) is 0 Å². The number of amides is 1. The molecule has 0 heterocycles. The van der Waals surface area contributed by atoms with Crippen LogP contribution in [0.5, 0.6) is 0 Å². The van der Waals surface area contributed by atoms with Gasteiger partial charge < -0.3 is 10.4 Å². The first-order valence-electron chi connectivity index (χ1n) is 6.43. The summed E-state index contributed by atoms with van der Waals surface area (Å²) in [5, 5.41) is 11.7. The van der Waals surface area contributed by atoms with E-state index in [0.29, 0.717) is 17.7 Å². The van der Waals surface area contributed by atoms with Gasteiger partial charge in [0, 0.05) is 16.9 Å². The minimum absolute atomic E-state index is 0.00268. The van der Waals surface area contributed by atoms with E-state index in [4.69, 9.17) is 5.11 Å². The van der Waals surface area contributed by atoms with Gasteiger partial charge in [0.25, 0.3) is 5.91 Å². The molecule has 3 nitrogen and oxygen atoms in total. The smallest absolute Gasteiger partial charge is 0.252 e. The summed E-state index contributed by atoms with van der Waals surface area (Å²) in [6, 6.07) is 5.52. The van der Waals surface area contributed by atoms with Gasteiger partial charge in [-0.05, 0) is 44.7 Å². The van der Waals surface area contributed by atoms with E-state index in [0.717, 1.165) is 5.56 Å². The molecule has 1 aromatic rings. The quantitative estimate of drug-likeness (QED) is 0.836. The van der Waals surface area contributed by atoms with Crippen LogP contribution in [0, 0.1) is 18.8 Å². The summed E-state index contributed by atoms with van der Waals surface area (Å²) in [5.41, 5.74) is 2.24. The van der Waals surface area contributed by atoms with Gasteiger partial charge in [0.1, 0.15) is 6.61 Å². The molecule has 0 unspecified atom stereocenters. The van der Waals surface area contributed by atoms with Crippen LogP contribution in [0.15, 0.2) is 18.2 Å². The van der Waals surface area contributed by atoms with Crippen molar-refractivity contribution in [3.05, 3.63) is 34.9 Å². The number of carbonyl (C=O) groups excluding carboxylic acids is 1. The number of rotatable bonds is 4. The molecule has 1 amide bonds. The van der Waals surface area contributed by atoms with Gasteiger partial charge in [-0.1, -0.05) is 17.9 Å². The number of hydrogen-bond acceptors (Lipinski definition) is 3. The van der Waals surface area contributed by atoms with Crippen LogP contribution < -0.4 is 5.32 Å². The number of nitrogens with one attached hydrogen (secondary N) is 1. The molecule has 0 aliphatic heterocycles. The van der Waals surface area contributed by atoms with E-state index < -0.39 is 0 Å². The van der Waals surface area contributed by atoms with Crippen LogP contribution in [0.3, 0.4) is 0 Å². The Hall–Kier alpha value is -1.44. The highest BCUT2D eigenvalue weighted by Gasteiger charge is 2.18. The van der Waals surface area contributed by atoms with Crippen LogP contribution in [0.2, 0.25) is 0 Å². The number of hydrogen-bond donors (Lipinski definition) is 2. The normalized spacial score (nSPS) is 10.7. The number of aliphatic hydroxyl groups is 1. The minimum Gasteiger partial charge on any atom is -0.384 e. The molecule has 0 aliphatic rings. The number of benzene rings is 1. The summed E-state index contributed by atoms with van der Waals surface area (Å²) in [6.45, 7) is 6.49. The predicted molar refractivity (Wildman–Crippen MR) is 85.1 cm³/mol. The van der Waals surface area contributed by atoms with Crippen LogP contribution in [-0.4, -0.2) is 35.2 Å². The van der Waals surface area contributed by atoms with Crippen LogP contribution in [0.1, 0.15) is 35.3 Å². The van der Waals surface area contributed by atoms with Crippen molar-refractivity contribution in [1.82, 2.24) is 5.32 Å². The molecular weight excluding hydrogens is 270 g/mol. The molecule has 1 aromatic carbocycles. The van der Waals surface area contributed by atoms with Gasteiger partial charge in [-0.15, -0.1) is 0 Å². The summed E-state index contributed by atoms with van der Waals surface area (Å²) >= 11 is 1.71. The highest BCUT2D eigenvalue weighted by atomic mass is 32.2. The standard InChI is InChI=1S/C16H21NO2S/c1-12-7-8-14(13(10-12)6-5-9-18)15(19)17-11-16(2,3)20-4/h7-8,10,18H,9,11H2,1-4H3,(H,17,19). The predicted octanol–water partition coefficient (Wildman–Crippen LogP) is 2.21. The summed E-state index contributed by atoms with van der Waals surface area (Å²) < 4.78 is -0.00268. The zero-order valence-corrected chi connectivity index (χ0v) is 13.2. The third-order valence-corrected chi connectivity index (χ3v) is 4.20. The first-order chi connectivity index (χ1) is 9.39. The maximum atomic E-state index is 12.3. The van der Waals surface area contributed by atoms with Crippen molar-refractivity contribution >= 4 is 17.7 Å². The molecule has 20 heavy (non-hydrogen) atoms. The van der Waals surface area contributed by atoms with Crippen LogP contribution in [-0.2, 0) is 0 Å². The fourth-order valence-electron chi connectivity index (χ4n) is 1.55. The van der Waals surface area contributed by atoms with E-state index in [2.05, 4.69) is 31.0 Å². The molecule has 2 N–H and O–H groups in total. The molecule has 0 saturated heterocycles. The number of thioether (sulfide) groups is 1. The van der Waals surface area contributed by atoms with Crippen molar-refractivity contribution in [2.24, 2.45) is 0 Å². The van der Waals surface area contributed by atoms with Gasteiger partial charge in [0.05, 0.1) is 5.56 Å². The Morgan fingerprint density at radius 1 is 1.45 bits per heavy atom. The number of aryl methyl sites for hydroxylation is 1. The lowest BCUT2D eigenvalue weighted by molar-refractivity contribution is 0.0950. The minimum atomic E-state index is -0.214. The van der Waals surface area contributed by atoms with E-state index in [1.807, 2.05) is 25.3 Å². The Bertz CT molecular complexity index is 541. The van der Waals surface area contributed by atoms with E-state index >= 15 is 0 Å². The van der Waals surface area contributed by atoms with Gasteiger partial charge in [0.2, 0.25) is 0 Å². The Labute approximate surface area is 125 Å². The molecule has 0 aromatic heterocycles. The Balaban J connectivity index is 2.92. The van der Waals surface area contributed by atoms with E-state index in [9.17, 15) is 4.79 Å². The number of aliphatic hydroxyl groups excluding tert-OH is 1. The van der Waals surface area contributed by atoms with E-state index in [1.165, 1.54) is 0 Å². The summed E-state index contributed by atoms with van der Waals surface area (Å²) in [4.78, 5) is 12.3. The third kappa shape index (κ3) is 4.92. The third-order valence-electron chi connectivity index (χ3n) is 2.95. The molecule has 4 heteroatoms. The van der Waals surface area contributed by atoms with Crippen LogP contribution >= 0.6 is 11.8 Å². The Kier molecular flexibility index (Phi) is 6.12. The molecular formula is C16H21NO2S. The molecule has 0 saturated carbocycles. The van der Waals surface area contributed by atoms with Gasteiger partial charge in [0.15, 0.2) is 0 Å². The van der Waals surface area contributed by atoms with Crippen molar-refractivity contribution in [3.63, 3.8) is 0 Å². The topological polar surface area (TPSA) is 49.3 Å². The molecule has 0 aliphatic carbocycles. The lowest BCUT2D eigenvalue weighted by Gasteiger charge is -2.22. The lowest BCUT2D eigenvalue weighted by atomic mass is 10.0. The van der Waals surface area contributed by atoms with Crippen LogP contribution in [0.4, 0.5) is 0 Å². The fraction of sp³-hybridized carbons (Fsp3) is 0.438. The fourth-order valence-corrected chi connectivity index (χ4v) is 1.77. The van der Waals surface area contributed by atoms with Gasteiger partial charge in [-0.2, -0.15) is 11.8 Å². The first kappa shape index (κ1) is 16.6. The van der Waals surface area contributed by atoms with Crippen molar-refractivity contribution in [2.75, 3.05) is 19.4 Å². The number of carbonyl (C=O) groups is 1. The highest BCUT2D eigenvalue weighted by Crippen LogP contribution is 2.20. The second-order valence-corrected chi connectivity index (χ2v) is 6.67. The largest absolute Gasteiger partial charge is 0.384 e. The summed E-state index contributed by atoms with van der Waals surface area (Å²) in [7, 11) is 0. The van der Waals surface area contributed by atoms with Crippen LogP contribution in [0.25, 0.3) is 0 Å². The monoisotopic (exact) mass is 291 g/mol. The second kappa shape index (κ2) is 7.37. The molecule has 0 spiro atoms. The molecule has 0 bridgehead atoms. The SMILES string of the molecule is CSC(C)(C)CNC(=O)c1ccc(C)cc1C#CCO. The summed E-state index contributed by atoms with van der Waals surface area (Å²) in [5.74, 6) is 5.29. The average Bonchev–Trinajstić information content (AvgIpc) is 2.42. The summed E-state index contributed by atoms with van der Waals surface area (Å²) in [6.07, 6.45) is 2.02. The molecule has 1 rings (SSSR count).